The maximum atomic E-state index is 12.2. The van der Waals surface area contributed by atoms with Crippen molar-refractivity contribution in [2.24, 2.45) is 0 Å². The van der Waals surface area contributed by atoms with Gasteiger partial charge in [-0.25, -0.2) is 9.59 Å². The molecule has 8 nitrogen and oxygen atoms in total. The van der Waals surface area contributed by atoms with Gasteiger partial charge in [0.2, 0.25) is 0 Å². The van der Waals surface area contributed by atoms with Crippen LogP contribution in [0.3, 0.4) is 0 Å². The summed E-state index contributed by atoms with van der Waals surface area (Å²) in [5.41, 5.74) is 2.96. The van der Waals surface area contributed by atoms with Gasteiger partial charge in [-0.1, -0.05) is 12.1 Å². The largest absolute Gasteiger partial charge is 0.444 e. The molecule has 0 aliphatic carbocycles. The molecule has 2 heterocycles. The van der Waals surface area contributed by atoms with E-state index in [1.54, 1.807) is 4.90 Å². The molecule has 3 N–H and O–H groups in total. The number of H-pyrrole nitrogens is 1. The van der Waals surface area contributed by atoms with Gasteiger partial charge in [0.05, 0.1) is 12.2 Å². The lowest BCUT2D eigenvalue weighted by molar-refractivity contribution is 0.0221. The number of benzene rings is 1. The minimum absolute atomic E-state index is 0.352. The van der Waals surface area contributed by atoms with Gasteiger partial charge >= 0.3 is 12.1 Å². The quantitative estimate of drug-likeness (QED) is 0.750. The van der Waals surface area contributed by atoms with E-state index in [2.05, 4.69) is 20.8 Å². The van der Waals surface area contributed by atoms with Crippen LogP contribution in [0.5, 0.6) is 0 Å². The van der Waals surface area contributed by atoms with E-state index >= 15 is 0 Å². The third-order valence-corrected chi connectivity index (χ3v) is 4.09. The Bertz CT molecular complexity index is 853. The molecular weight excluding hydrogens is 346 g/mol. The number of anilines is 2. The van der Waals surface area contributed by atoms with E-state index in [0.29, 0.717) is 31.0 Å². The molecule has 8 heteroatoms. The number of fused-ring (bicyclic) bond motifs is 1. The first-order valence-electron chi connectivity index (χ1n) is 8.90. The van der Waals surface area contributed by atoms with E-state index in [4.69, 9.17) is 4.74 Å². The number of urea groups is 1. The van der Waals surface area contributed by atoms with Gasteiger partial charge in [-0.15, -0.1) is 0 Å². The average molecular weight is 371 g/mol. The smallest absolute Gasteiger partial charge is 0.410 e. The fourth-order valence-corrected chi connectivity index (χ4v) is 2.90. The Labute approximate surface area is 158 Å². The molecule has 3 rings (SSSR count). The highest BCUT2D eigenvalue weighted by atomic mass is 16.6. The maximum absolute atomic E-state index is 12.2. The minimum atomic E-state index is -0.536. The van der Waals surface area contributed by atoms with Crippen molar-refractivity contribution in [1.82, 2.24) is 15.1 Å². The number of aromatic amines is 1. The Morgan fingerprint density at radius 3 is 2.74 bits per heavy atom. The zero-order chi connectivity index (χ0) is 19.6. The van der Waals surface area contributed by atoms with Crippen molar-refractivity contribution in [1.29, 1.82) is 0 Å². The standard InChI is InChI=1S/C19H25N5O3/c1-12-6-5-7-13(10-12)20-17(25)21-16-14-8-9-24(11-15(14)22-23-16)18(26)27-19(2,3)4/h5-7,10H,8-9,11H2,1-4H3,(H3,20,21,22,23,25). The minimum Gasteiger partial charge on any atom is -0.444 e. The summed E-state index contributed by atoms with van der Waals surface area (Å²) in [6.07, 6.45) is 0.236. The number of hydrogen-bond donors (Lipinski definition) is 3. The van der Waals surface area contributed by atoms with E-state index in [0.717, 1.165) is 16.8 Å². The molecule has 1 aromatic heterocycles. The normalized spacial score (nSPS) is 13.7. The molecule has 0 saturated heterocycles. The predicted molar refractivity (Wildman–Crippen MR) is 103 cm³/mol. The number of nitrogens with zero attached hydrogens (tertiary/aromatic N) is 2. The van der Waals surface area contributed by atoms with Crippen molar-refractivity contribution in [3.05, 3.63) is 41.1 Å². The number of nitrogens with one attached hydrogen (secondary N) is 3. The van der Waals surface area contributed by atoms with Crippen LogP contribution >= 0.6 is 0 Å². The number of hydrogen-bond acceptors (Lipinski definition) is 4. The first-order chi connectivity index (χ1) is 12.7. The molecule has 2 aromatic rings. The molecule has 27 heavy (non-hydrogen) atoms. The number of amides is 3. The molecule has 0 spiro atoms. The molecular formula is C19H25N5O3. The van der Waals surface area contributed by atoms with Crippen LogP contribution in [0.25, 0.3) is 0 Å². The van der Waals surface area contributed by atoms with E-state index in [-0.39, 0.29) is 12.1 Å². The van der Waals surface area contributed by atoms with Gasteiger partial charge in [0.25, 0.3) is 0 Å². The van der Waals surface area contributed by atoms with Crippen LogP contribution in [0, 0.1) is 6.92 Å². The number of ether oxygens (including phenoxy) is 1. The van der Waals surface area contributed by atoms with Gasteiger partial charge in [-0.05, 0) is 51.8 Å². The molecule has 0 radical (unpaired) electrons. The second-order valence-electron chi connectivity index (χ2n) is 7.63. The summed E-state index contributed by atoms with van der Waals surface area (Å²) in [6, 6.07) is 7.20. The summed E-state index contributed by atoms with van der Waals surface area (Å²) in [7, 11) is 0. The van der Waals surface area contributed by atoms with Crippen molar-refractivity contribution >= 4 is 23.6 Å². The Morgan fingerprint density at radius 1 is 1.26 bits per heavy atom. The topological polar surface area (TPSA) is 99.4 Å². The third kappa shape index (κ3) is 4.78. The van der Waals surface area contributed by atoms with Crippen LogP contribution in [0.15, 0.2) is 24.3 Å². The first-order valence-corrected chi connectivity index (χ1v) is 8.90. The van der Waals surface area contributed by atoms with Crippen LogP contribution in [-0.4, -0.2) is 39.4 Å². The maximum Gasteiger partial charge on any atom is 0.410 e. The molecule has 0 bridgehead atoms. The zero-order valence-corrected chi connectivity index (χ0v) is 16.0. The Morgan fingerprint density at radius 2 is 2.04 bits per heavy atom. The van der Waals surface area contributed by atoms with Crippen LogP contribution < -0.4 is 10.6 Å². The number of carbonyl (C=O) groups is 2. The summed E-state index contributed by atoms with van der Waals surface area (Å²) in [4.78, 5) is 26.1. The third-order valence-electron chi connectivity index (χ3n) is 4.09. The van der Waals surface area contributed by atoms with Crippen LogP contribution in [0.4, 0.5) is 21.1 Å². The van der Waals surface area contributed by atoms with Crippen molar-refractivity contribution in [3.63, 3.8) is 0 Å². The van der Waals surface area contributed by atoms with Gasteiger partial charge < -0.3 is 15.0 Å². The Kier molecular flexibility index (Phi) is 5.07. The molecule has 0 atom stereocenters. The summed E-state index contributed by atoms with van der Waals surface area (Å²) in [6.45, 7) is 8.36. The SMILES string of the molecule is Cc1cccc(NC(=O)Nc2n[nH]c3c2CCN(C(=O)OC(C)(C)C)C3)c1. The van der Waals surface area contributed by atoms with Crippen molar-refractivity contribution in [2.45, 2.75) is 46.3 Å². The van der Waals surface area contributed by atoms with Gasteiger partial charge in [-0.3, -0.25) is 10.4 Å². The van der Waals surface area contributed by atoms with E-state index < -0.39 is 5.60 Å². The van der Waals surface area contributed by atoms with Crippen molar-refractivity contribution < 1.29 is 14.3 Å². The molecule has 1 aliphatic rings. The van der Waals surface area contributed by atoms with E-state index in [1.165, 1.54) is 0 Å². The van der Waals surface area contributed by atoms with Crippen LogP contribution in [0.1, 0.15) is 37.6 Å². The summed E-state index contributed by atoms with van der Waals surface area (Å²) >= 11 is 0. The number of carbonyl (C=O) groups excluding carboxylic acids is 2. The average Bonchev–Trinajstić information content (AvgIpc) is 2.95. The molecule has 1 aromatic carbocycles. The summed E-state index contributed by atoms with van der Waals surface area (Å²) < 4.78 is 5.41. The molecule has 3 amide bonds. The lowest BCUT2D eigenvalue weighted by atomic mass is 10.1. The molecule has 144 valence electrons. The highest BCUT2D eigenvalue weighted by molar-refractivity contribution is 5.99. The Balaban J connectivity index is 1.63. The predicted octanol–water partition coefficient (Wildman–Crippen LogP) is 3.66. The lowest BCUT2D eigenvalue weighted by Crippen LogP contribution is -2.40. The van der Waals surface area contributed by atoms with Gasteiger partial charge in [0.1, 0.15) is 5.60 Å². The van der Waals surface area contributed by atoms with Crippen molar-refractivity contribution in [2.75, 3.05) is 17.2 Å². The lowest BCUT2D eigenvalue weighted by Gasteiger charge is -2.29. The number of aryl methyl sites for hydroxylation is 1. The van der Waals surface area contributed by atoms with Crippen molar-refractivity contribution in [3.8, 4) is 0 Å². The van der Waals surface area contributed by atoms with E-state index in [9.17, 15) is 9.59 Å². The highest BCUT2D eigenvalue weighted by Crippen LogP contribution is 2.25. The zero-order valence-electron chi connectivity index (χ0n) is 16.0. The molecule has 0 fully saturated rings. The second kappa shape index (κ2) is 7.30. The van der Waals surface area contributed by atoms with Gasteiger partial charge in [0.15, 0.2) is 5.82 Å². The monoisotopic (exact) mass is 371 g/mol. The van der Waals surface area contributed by atoms with Crippen LogP contribution in [0.2, 0.25) is 0 Å². The van der Waals surface area contributed by atoms with Gasteiger partial charge in [0, 0.05) is 17.8 Å². The Hall–Kier alpha value is -3.03. The fraction of sp³-hybridized carbons (Fsp3) is 0.421. The number of rotatable bonds is 2. The molecule has 0 saturated carbocycles. The van der Waals surface area contributed by atoms with E-state index in [1.807, 2.05) is 52.0 Å². The number of aromatic nitrogens is 2. The van der Waals surface area contributed by atoms with Gasteiger partial charge in [-0.2, -0.15) is 5.10 Å². The fourth-order valence-electron chi connectivity index (χ4n) is 2.90. The highest BCUT2D eigenvalue weighted by Gasteiger charge is 2.28. The molecule has 0 unspecified atom stereocenters. The first kappa shape index (κ1) is 18.8. The summed E-state index contributed by atoms with van der Waals surface area (Å²) in [5.74, 6) is 0.485. The second-order valence-corrected chi connectivity index (χ2v) is 7.63. The molecule has 1 aliphatic heterocycles. The summed E-state index contributed by atoms with van der Waals surface area (Å²) in [5, 5.41) is 12.7. The van der Waals surface area contributed by atoms with Crippen LogP contribution in [-0.2, 0) is 17.7 Å².